The Morgan fingerprint density at radius 2 is 1.75 bits per heavy atom. The van der Waals surface area contributed by atoms with Crippen molar-refractivity contribution in [2.75, 3.05) is 30.3 Å². The van der Waals surface area contributed by atoms with Gasteiger partial charge in [-0.3, -0.25) is 9.10 Å². The van der Waals surface area contributed by atoms with Gasteiger partial charge in [-0.2, -0.15) is 0 Å². The van der Waals surface area contributed by atoms with Gasteiger partial charge in [-0.25, -0.2) is 8.42 Å². The molecule has 28 heavy (non-hydrogen) atoms. The lowest BCUT2D eigenvalue weighted by Crippen LogP contribution is -2.33. The Morgan fingerprint density at radius 3 is 2.43 bits per heavy atom. The van der Waals surface area contributed by atoms with E-state index in [9.17, 15) is 13.2 Å². The van der Waals surface area contributed by atoms with Crippen LogP contribution in [0.1, 0.15) is 25.3 Å². The highest BCUT2D eigenvalue weighted by molar-refractivity contribution is 7.92. The minimum absolute atomic E-state index is 0.117. The first-order valence-corrected chi connectivity index (χ1v) is 11.3. The Balaban J connectivity index is 1.79. The number of sulfonamides is 1. The first-order chi connectivity index (χ1) is 13.4. The second-order valence-corrected chi connectivity index (χ2v) is 8.34. The van der Waals surface area contributed by atoms with Crippen LogP contribution < -0.4 is 14.4 Å². The summed E-state index contributed by atoms with van der Waals surface area (Å²) < 4.78 is 31.4. The zero-order chi connectivity index (χ0) is 20.4. The van der Waals surface area contributed by atoms with Gasteiger partial charge in [-0.05, 0) is 36.6 Å². The summed E-state index contributed by atoms with van der Waals surface area (Å²) >= 11 is 0. The molecule has 0 saturated heterocycles. The maximum atomic E-state index is 12.2. The first-order valence-electron chi connectivity index (χ1n) is 9.42. The minimum Gasteiger partial charge on any atom is -0.492 e. The van der Waals surface area contributed by atoms with Crippen LogP contribution >= 0.6 is 0 Å². The molecule has 152 valence electrons. The van der Waals surface area contributed by atoms with Crippen molar-refractivity contribution in [2.24, 2.45) is 0 Å². The minimum atomic E-state index is -3.42. The zero-order valence-corrected chi connectivity index (χ0v) is 17.2. The van der Waals surface area contributed by atoms with Gasteiger partial charge in [0.25, 0.3) is 0 Å². The summed E-state index contributed by atoms with van der Waals surface area (Å²) in [6.07, 6.45) is 2.63. The number of amides is 1. The van der Waals surface area contributed by atoms with Gasteiger partial charge in [0.1, 0.15) is 12.4 Å². The Hall–Kier alpha value is -2.54. The van der Waals surface area contributed by atoms with E-state index in [0.29, 0.717) is 25.3 Å². The Labute approximate surface area is 167 Å². The molecule has 1 amide bonds. The van der Waals surface area contributed by atoms with Crippen LogP contribution in [0, 0.1) is 0 Å². The Bertz CT molecular complexity index is 854. The fourth-order valence-corrected chi connectivity index (χ4v) is 3.86. The van der Waals surface area contributed by atoms with Crippen LogP contribution in [-0.2, 0) is 21.2 Å². The quantitative estimate of drug-likeness (QED) is 0.584. The van der Waals surface area contributed by atoms with Crippen LogP contribution in [0.5, 0.6) is 5.75 Å². The lowest BCUT2D eigenvalue weighted by atomic mass is 10.1. The van der Waals surface area contributed by atoms with Crippen LogP contribution in [0.4, 0.5) is 5.69 Å². The van der Waals surface area contributed by atoms with Gasteiger partial charge in [-0.15, -0.1) is 0 Å². The summed E-state index contributed by atoms with van der Waals surface area (Å²) in [4.78, 5) is 12.0. The van der Waals surface area contributed by atoms with Crippen LogP contribution in [0.15, 0.2) is 54.6 Å². The topological polar surface area (TPSA) is 75.7 Å². The third-order valence-corrected chi connectivity index (χ3v) is 5.42. The molecule has 0 aromatic heterocycles. The van der Waals surface area contributed by atoms with E-state index < -0.39 is 10.0 Å². The molecule has 0 aliphatic carbocycles. The second kappa shape index (κ2) is 10.7. The van der Waals surface area contributed by atoms with E-state index in [1.54, 1.807) is 6.07 Å². The normalized spacial score (nSPS) is 11.1. The second-order valence-electron chi connectivity index (χ2n) is 6.43. The molecule has 0 fully saturated rings. The van der Waals surface area contributed by atoms with Crippen molar-refractivity contribution in [1.82, 2.24) is 5.32 Å². The van der Waals surface area contributed by atoms with Crippen molar-refractivity contribution >= 4 is 21.6 Å². The van der Waals surface area contributed by atoms with Crippen LogP contribution in [0.2, 0.25) is 0 Å². The fraction of sp³-hybridized carbons (Fsp3) is 0.381. The average molecular weight is 405 g/mol. The van der Waals surface area contributed by atoms with Gasteiger partial charge < -0.3 is 10.1 Å². The number of anilines is 1. The number of hydrogen-bond acceptors (Lipinski definition) is 4. The number of ether oxygens (including phenoxy) is 1. The molecule has 1 N–H and O–H groups in total. The lowest BCUT2D eigenvalue weighted by Gasteiger charge is -2.24. The molecule has 2 aromatic rings. The molecular weight excluding hydrogens is 376 g/mol. The molecule has 0 aliphatic rings. The summed E-state index contributed by atoms with van der Waals surface area (Å²) in [5, 5.41) is 2.80. The van der Waals surface area contributed by atoms with Crippen molar-refractivity contribution in [2.45, 2.75) is 26.2 Å². The van der Waals surface area contributed by atoms with Crippen molar-refractivity contribution in [3.05, 3.63) is 60.2 Å². The lowest BCUT2D eigenvalue weighted by molar-refractivity contribution is -0.121. The van der Waals surface area contributed by atoms with Crippen LogP contribution in [0.3, 0.4) is 0 Å². The number of carbonyl (C=O) groups excluding carboxylic acids is 1. The van der Waals surface area contributed by atoms with Gasteiger partial charge in [0, 0.05) is 13.0 Å². The number of nitrogens with zero attached hydrogens (tertiary/aromatic N) is 1. The number of aryl methyl sites for hydroxylation is 1. The van der Waals surface area contributed by atoms with E-state index in [-0.39, 0.29) is 18.9 Å². The molecule has 0 spiro atoms. The van der Waals surface area contributed by atoms with E-state index in [1.807, 2.05) is 55.5 Å². The highest BCUT2D eigenvalue weighted by Gasteiger charge is 2.19. The summed E-state index contributed by atoms with van der Waals surface area (Å²) in [7, 11) is -3.42. The number of para-hydroxylation sites is 2. The Kier molecular flexibility index (Phi) is 8.32. The first kappa shape index (κ1) is 21.8. The van der Waals surface area contributed by atoms with E-state index >= 15 is 0 Å². The van der Waals surface area contributed by atoms with E-state index in [4.69, 9.17) is 4.74 Å². The predicted octanol–water partition coefficient (Wildman–Crippen LogP) is 2.99. The smallest absolute Gasteiger partial charge is 0.232 e. The molecule has 0 radical (unpaired) electrons. The van der Waals surface area contributed by atoms with Crippen LogP contribution in [-0.4, -0.2) is 40.3 Å². The molecule has 0 heterocycles. The van der Waals surface area contributed by atoms with Crippen molar-refractivity contribution < 1.29 is 17.9 Å². The molecule has 7 heteroatoms. The summed E-state index contributed by atoms with van der Waals surface area (Å²) in [6.45, 7) is 3.05. The largest absolute Gasteiger partial charge is 0.492 e. The Morgan fingerprint density at radius 1 is 1.07 bits per heavy atom. The summed E-state index contributed by atoms with van der Waals surface area (Å²) in [5.74, 6) is 0.643. The molecule has 2 rings (SSSR count). The third-order valence-electron chi connectivity index (χ3n) is 4.24. The van der Waals surface area contributed by atoms with Crippen molar-refractivity contribution in [3.63, 3.8) is 0 Å². The maximum Gasteiger partial charge on any atom is 0.232 e. The number of rotatable bonds is 11. The van der Waals surface area contributed by atoms with E-state index in [1.165, 1.54) is 10.6 Å². The number of carbonyl (C=O) groups is 1. The molecule has 0 saturated carbocycles. The molecule has 0 unspecified atom stereocenters. The fourth-order valence-electron chi connectivity index (χ4n) is 2.87. The number of nitrogens with one attached hydrogen (secondary N) is 1. The van der Waals surface area contributed by atoms with Crippen molar-refractivity contribution in [1.29, 1.82) is 0 Å². The van der Waals surface area contributed by atoms with Gasteiger partial charge in [0.05, 0.1) is 18.5 Å². The molecule has 0 aliphatic heterocycles. The molecule has 0 bridgehead atoms. The maximum absolute atomic E-state index is 12.2. The van der Waals surface area contributed by atoms with Crippen LogP contribution in [0.25, 0.3) is 0 Å². The summed E-state index contributed by atoms with van der Waals surface area (Å²) in [6, 6.07) is 16.8. The molecule has 6 nitrogen and oxygen atoms in total. The summed E-state index contributed by atoms with van der Waals surface area (Å²) in [5.41, 5.74) is 1.65. The molecule has 2 aromatic carbocycles. The van der Waals surface area contributed by atoms with Crippen molar-refractivity contribution in [3.8, 4) is 5.75 Å². The van der Waals surface area contributed by atoms with E-state index in [2.05, 4.69) is 5.32 Å². The number of hydrogen-bond donors (Lipinski definition) is 1. The number of benzene rings is 2. The van der Waals surface area contributed by atoms with Gasteiger partial charge in [0.15, 0.2) is 0 Å². The van der Waals surface area contributed by atoms with Gasteiger partial charge in [-0.1, -0.05) is 43.3 Å². The highest BCUT2D eigenvalue weighted by atomic mass is 32.2. The molecular formula is C21H28N2O4S. The predicted molar refractivity (Wildman–Crippen MR) is 112 cm³/mol. The third kappa shape index (κ3) is 6.88. The zero-order valence-electron chi connectivity index (χ0n) is 16.4. The van der Waals surface area contributed by atoms with Gasteiger partial charge in [0.2, 0.25) is 15.9 Å². The highest BCUT2D eigenvalue weighted by Crippen LogP contribution is 2.23. The molecule has 0 atom stereocenters. The average Bonchev–Trinajstić information content (AvgIpc) is 2.68. The SMILES string of the molecule is CCc1ccccc1N(CCCC(=O)NCCOc1ccccc1)S(C)(=O)=O. The van der Waals surface area contributed by atoms with E-state index in [0.717, 1.165) is 17.7 Å². The van der Waals surface area contributed by atoms with Gasteiger partial charge >= 0.3 is 0 Å². The monoisotopic (exact) mass is 404 g/mol. The standard InChI is InChI=1S/C21H28N2O4S/c1-3-18-10-7-8-13-20(18)23(28(2,25)26)16-9-14-21(24)22-15-17-27-19-11-5-4-6-12-19/h4-8,10-13H,3,9,14-17H2,1-2H3,(H,22,24).